The summed E-state index contributed by atoms with van der Waals surface area (Å²) in [7, 11) is 1.67. The lowest BCUT2D eigenvalue weighted by atomic mass is 10.0. The van der Waals surface area contributed by atoms with E-state index in [9.17, 15) is 5.11 Å². The number of hydrogen-bond acceptors (Lipinski definition) is 2. The van der Waals surface area contributed by atoms with Crippen molar-refractivity contribution in [2.45, 2.75) is 31.3 Å². The van der Waals surface area contributed by atoms with Crippen LogP contribution in [0.4, 0.5) is 0 Å². The molecule has 1 N–H and O–H groups in total. The summed E-state index contributed by atoms with van der Waals surface area (Å²) in [5.41, 5.74) is 0.350. The fraction of sp³-hybridized carbons (Fsp3) is 0.571. The first-order valence-corrected chi connectivity index (χ1v) is 7.03. The van der Waals surface area contributed by atoms with E-state index < -0.39 is 5.60 Å². The Bertz CT molecular complexity index is 432. The molecule has 0 radical (unpaired) electrons. The third kappa shape index (κ3) is 1.63. The molecule has 2 atom stereocenters. The van der Waals surface area contributed by atoms with Crippen molar-refractivity contribution in [3.8, 4) is 5.75 Å². The molecule has 2 saturated carbocycles. The molecule has 0 spiro atoms. The van der Waals surface area contributed by atoms with Crippen LogP contribution in [0, 0.1) is 11.8 Å². The van der Waals surface area contributed by atoms with E-state index in [1.807, 2.05) is 18.2 Å². The fourth-order valence-electron chi connectivity index (χ4n) is 3.49. The van der Waals surface area contributed by atoms with Crippen LogP contribution in [0.25, 0.3) is 0 Å². The molecule has 1 aromatic carbocycles. The molecule has 1 aromatic rings. The number of fused-ring (bicyclic) bond motifs is 1. The van der Waals surface area contributed by atoms with E-state index in [-0.39, 0.29) is 0 Å². The van der Waals surface area contributed by atoms with E-state index >= 15 is 0 Å². The first-order chi connectivity index (χ1) is 8.17. The molecular weight excluding hydrogens is 280 g/mol. The van der Waals surface area contributed by atoms with Gasteiger partial charge >= 0.3 is 0 Å². The molecule has 3 heteroatoms. The summed E-state index contributed by atoms with van der Waals surface area (Å²) in [5, 5.41) is 10.9. The molecule has 2 nitrogen and oxygen atoms in total. The molecule has 3 rings (SSSR count). The Labute approximate surface area is 110 Å². The zero-order valence-electron chi connectivity index (χ0n) is 9.95. The first-order valence-electron chi connectivity index (χ1n) is 6.24. The van der Waals surface area contributed by atoms with Gasteiger partial charge in [-0.25, -0.2) is 0 Å². The minimum absolute atomic E-state index is 0.450. The summed E-state index contributed by atoms with van der Waals surface area (Å²) in [6.07, 6.45) is 4.81. The predicted octanol–water partition coefficient (Wildman–Crippen LogP) is 3.47. The zero-order chi connectivity index (χ0) is 12.0. The lowest BCUT2D eigenvalue weighted by Crippen LogP contribution is -2.12. The van der Waals surface area contributed by atoms with Crippen LogP contribution in [0.2, 0.25) is 0 Å². The lowest BCUT2D eigenvalue weighted by molar-refractivity contribution is 0.114. The predicted molar refractivity (Wildman–Crippen MR) is 70.0 cm³/mol. The first kappa shape index (κ1) is 11.5. The number of rotatable bonds is 2. The van der Waals surface area contributed by atoms with Crippen molar-refractivity contribution in [1.29, 1.82) is 0 Å². The maximum Gasteiger partial charge on any atom is 0.126 e. The second-order valence-corrected chi connectivity index (χ2v) is 6.08. The Hall–Kier alpha value is -0.540. The standard InChI is InChI=1S/C14H17BrO2/c1-17-13-8-9(15)6-7-12(13)14(16)10-4-2-3-5-11(10)14/h6-8,10-11,16H,2-5H2,1H3. The van der Waals surface area contributed by atoms with Gasteiger partial charge in [0, 0.05) is 10.0 Å². The molecule has 0 aromatic heterocycles. The van der Waals surface area contributed by atoms with E-state index in [0.29, 0.717) is 11.8 Å². The molecule has 2 aliphatic rings. The quantitative estimate of drug-likeness (QED) is 0.906. The van der Waals surface area contributed by atoms with Crippen molar-refractivity contribution < 1.29 is 9.84 Å². The normalized spacial score (nSPS) is 35.2. The van der Waals surface area contributed by atoms with Gasteiger partial charge in [-0.05, 0) is 36.8 Å². The van der Waals surface area contributed by atoms with Crippen LogP contribution in [0.1, 0.15) is 31.2 Å². The second-order valence-electron chi connectivity index (χ2n) is 5.17. The monoisotopic (exact) mass is 296 g/mol. The van der Waals surface area contributed by atoms with Gasteiger partial charge in [0.05, 0.1) is 12.7 Å². The molecule has 0 amide bonds. The number of hydrogen-bond donors (Lipinski definition) is 1. The lowest BCUT2D eigenvalue weighted by Gasteiger charge is -2.15. The van der Waals surface area contributed by atoms with Crippen molar-refractivity contribution in [3.63, 3.8) is 0 Å². The molecular formula is C14H17BrO2. The number of aliphatic hydroxyl groups is 1. The minimum atomic E-state index is -0.622. The summed E-state index contributed by atoms with van der Waals surface area (Å²) in [6, 6.07) is 5.93. The van der Waals surface area contributed by atoms with Crippen LogP contribution in [0.5, 0.6) is 5.75 Å². The molecule has 0 aliphatic heterocycles. The van der Waals surface area contributed by atoms with E-state index in [1.54, 1.807) is 7.11 Å². The van der Waals surface area contributed by atoms with Crippen molar-refractivity contribution >= 4 is 15.9 Å². The minimum Gasteiger partial charge on any atom is -0.496 e. The third-order valence-corrected chi connectivity index (χ3v) is 4.88. The highest BCUT2D eigenvalue weighted by Gasteiger charge is 2.65. The van der Waals surface area contributed by atoms with E-state index in [2.05, 4.69) is 15.9 Å². The number of halogens is 1. The molecule has 2 unspecified atom stereocenters. The van der Waals surface area contributed by atoms with Crippen molar-refractivity contribution in [3.05, 3.63) is 28.2 Å². The molecule has 0 heterocycles. The Balaban J connectivity index is 1.99. The highest BCUT2D eigenvalue weighted by atomic mass is 79.9. The number of ether oxygens (including phenoxy) is 1. The van der Waals surface area contributed by atoms with Crippen molar-refractivity contribution in [2.75, 3.05) is 7.11 Å². The van der Waals surface area contributed by atoms with Gasteiger partial charge in [0.1, 0.15) is 5.75 Å². The SMILES string of the molecule is COc1cc(Br)ccc1C1(O)C2CCCCC21. The smallest absolute Gasteiger partial charge is 0.126 e. The summed E-state index contributed by atoms with van der Waals surface area (Å²) < 4.78 is 6.40. The van der Waals surface area contributed by atoms with E-state index in [1.165, 1.54) is 12.8 Å². The van der Waals surface area contributed by atoms with Crippen molar-refractivity contribution in [2.24, 2.45) is 11.8 Å². The summed E-state index contributed by atoms with van der Waals surface area (Å²) in [4.78, 5) is 0. The van der Waals surface area contributed by atoms with Crippen LogP contribution in [0.3, 0.4) is 0 Å². The molecule has 0 bridgehead atoms. The molecule has 92 valence electrons. The van der Waals surface area contributed by atoms with Gasteiger partial charge in [-0.2, -0.15) is 0 Å². The molecule has 17 heavy (non-hydrogen) atoms. The van der Waals surface area contributed by atoms with Crippen LogP contribution in [-0.2, 0) is 5.60 Å². The van der Waals surface area contributed by atoms with Gasteiger partial charge in [0.15, 0.2) is 0 Å². The Morgan fingerprint density at radius 1 is 1.29 bits per heavy atom. The Kier molecular flexibility index (Phi) is 2.71. The van der Waals surface area contributed by atoms with Gasteiger partial charge in [-0.15, -0.1) is 0 Å². The summed E-state index contributed by atoms with van der Waals surface area (Å²) in [5.74, 6) is 1.70. The Morgan fingerprint density at radius 2 is 1.94 bits per heavy atom. The third-order valence-electron chi connectivity index (χ3n) is 4.38. The van der Waals surface area contributed by atoms with Crippen LogP contribution < -0.4 is 4.74 Å². The van der Waals surface area contributed by atoms with Crippen molar-refractivity contribution in [1.82, 2.24) is 0 Å². The fourth-order valence-corrected chi connectivity index (χ4v) is 3.83. The van der Waals surface area contributed by atoms with Gasteiger partial charge in [0.2, 0.25) is 0 Å². The highest BCUT2D eigenvalue weighted by Crippen LogP contribution is 2.65. The summed E-state index contributed by atoms with van der Waals surface area (Å²) in [6.45, 7) is 0. The average molecular weight is 297 g/mol. The van der Waals surface area contributed by atoms with Crippen LogP contribution in [0.15, 0.2) is 22.7 Å². The van der Waals surface area contributed by atoms with E-state index in [0.717, 1.165) is 28.6 Å². The van der Waals surface area contributed by atoms with Gasteiger partial charge in [-0.3, -0.25) is 0 Å². The van der Waals surface area contributed by atoms with Crippen LogP contribution in [-0.4, -0.2) is 12.2 Å². The largest absolute Gasteiger partial charge is 0.496 e. The van der Waals surface area contributed by atoms with Crippen LogP contribution >= 0.6 is 15.9 Å². The maximum atomic E-state index is 10.9. The number of benzene rings is 1. The van der Waals surface area contributed by atoms with E-state index in [4.69, 9.17) is 4.74 Å². The van der Waals surface area contributed by atoms with Gasteiger partial charge < -0.3 is 9.84 Å². The van der Waals surface area contributed by atoms with Gasteiger partial charge in [-0.1, -0.05) is 34.8 Å². The average Bonchev–Trinajstić information content (AvgIpc) is 2.97. The molecule has 0 saturated heterocycles. The second kappa shape index (κ2) is 3.99. The summed E-state index contributed by atoms with van der Waals surface area (Å²) >= 11 is 3.44. The maximum absolute atomic E-state index is 10.9. The number of methoxy groups -OCH3 is 1. The molecule has 2 fully saturated rings. The highest BCUT2D eigenvalue weighted by molar-refractivity contribution is 9.10. The molecule has 2 aliphatic carbocycles. The topological polar surface area (TPSA) is 29.5 Å². The van der Waals surface area contributed by atoms with Gasteiger partial charge in [0.25, 0.3) is 0 Å². The zero-order valence-corrected chi connectivity index (χ0v) is 11.5. The Morgan fingerprint density at radius 3 is 2.53 bits per heavy atom.